The van der Waals surface area contributed by atoms with Crippen molar-refractivity contribution in [3.05, 3.63) is 59.7 Å². The van der Waals surface area contributed by atoms with Crippen molar-refractivity contribution in [1.82, 2.24) is 5.32 Å². The number of aryl methyl sites for hydroxylation is 2. The van der Waals surface area contributed by atoms with Gasteiger partial charge in [-0.05, 0) is 43.0 Å². The fourth-order valence-electron chi connectivity index (χ4n) is 3.23. The van der Waals surface area contributed by atoms with E-state index in [0.29, 0.717) is 19.6 Å². The molecule has 3 rings (SSSR count). The fourth-order valence-corrected chi connectivity index (χ4v) is 3.23. The molecule has 4 nitrogen and oxygen atoms in total. The van der Waals surface area contributed by atoms with Gasteiger partial charge in [-0.1, -0.05) is 36.4 Å². The number of benzene rings is 2. The van der Waals surface area contributed by atoms with Gasteiger partial charge < -0.3 is 15.0 Å². The molecule has 2 aromatic rings. The van der Waals surface area contributed by atoms with Crippen LogP contribution in [0.3, 0.4) is 0 Å². The first-order valence-corrected chi connectivity index (χ1v) is 9.02. The van der Waals surface area contributed by atoms with Crippen LogP contribution in [0.25, 0.3) is 0 Å². The minimum Gasteiger partial charge on any atom is -0.493 e. The Morgan fingerprint density at radius 1 is 1.16 bits per heavy atom. The second-order valence-corrected chi connectivity index (χ2v) is 6.43. The van der Waals surface area contributed by atoms with Crippen molar-refractivity contribution in [1.29, 1.82) is 0 Å². The summed E-state index contributed by atoms with van der Waals surface area (Å²) >= 11 is 0. The van der Waals surface area contributed by atoms with E-state index in [0.717, 1.165) is 30.8 Å². The van der Waals surface area contributed by atoms with Crippen molar-refractivity contribution >= 4 is 11.6 Å². The maximum Gasteiger partial charge on any atom is 0.223 e. The molecule has 1 aliphatic rings. The van der Waals surface area contributed by atoms with E-state index < -0.39 is 0 Å². The van der Waals surface area contributed by atoms with Crippen molar-refractivity contribution in [2.45, 2.75) is 26.2 Å². The predicted octanol–water partition coefficient (Wildman–Crippen LogP) is 3.33. The number of para-hydroxylation sites is 2. The van der Waals surface area contributed by atoms with Crippen LogP contribution in [0, 0.1) is 6.92 Å². The van der Waals surface area contributed by atoms with E-state index in [-0.39, 0.29) is 5.91 Å². The predicted molar refractivity (Wildman–Crippen MR) is 101 cm³/mol. The Bertz CT molecular complexity index is 715. The zero-order chi connectivity index (χ0) is 17.5. The SMILES string of the molecule is Cc1ccccc1OCCC(=O)NCCN1CCCc2ccccc21. The van der Waals surface area contributed by atoms with Crippen LogP contribution in [-0.2, 0) is 11.2 Å². The second kappa shape index (κ2) is 8.56. The first-order chi connectivity index (χ1) is 12.2. The molecule has 25 heavy (non-hydrogen) atoms. The van der Waals surface area contributed by atoms with Crippen LogP contribution in [0.2, 0.25) is 0 Å². The lowest BCUT2D eigenvalue weighted by Gasteiger charge is -2.31. The maximum atomic E-state index is 12.0. The van der Waals surface area contributed by atoms with Crippen LogP contribution >= 0.6 is 0 Å². The number of amides is 1. The third-order valence-electron chi connectivity index (χ3n) is 4.59. The zero-order valence-electron chi connectivity index (χ0n) is 14.8. The third kappa shape index (κ3) is 4.75. The van der Waals surface area contributed by atoms with E-state index in [4.69, 9.17) is 4.74 Å². The van der Waals surface area contributed by atoms with Crippen LogP contribution in [-0.4, -0.2) is 32.1 Å². The van der Waals surface area contributed by atoms with Gasteiger partial charge in [0.2, 0.25) is 5.91 Å². The summed E-state index contributed by atoms with van der Waals surface area (Å²) in [5, 5.41) is 3.00. The average Bonchev–Trinajstić information content (AvgIpc) is 2.63. The van der Waals surface area contributed by atoms with Crippen molar-refractivity contribution in [2.75, 3.05) is 31.1 Å². The van der Waals surface area contributed by atoms with Crippen LogP contribution in [0.15, 0.2) is 48.5 Å². The second-order valence-electron chi connectivity index (χ2n) is 6.43. The summed E-state index contributed by atoms with van der Waals surface area (Å²) in [6.07, 6.45) is 2.70. The first-order valence-electron chi connectivity index (χ1n) is 9.02. The highest BCUT2D eigenvalue weighted by molar-refractivity contribution is 5.76. The smallest absolute Gasteiger partial charge is 0.223 e. The molecule has 1 aliphatic heterocycles. The molecule has 0 radical (unpaired) electrons. The van der Waals surface area contributed by atoms with E-state index in [9.17, 15) is 4.79 Å². The number of anilines is 1. The van der Waals surface area contributed by atoms with E-state index >= 15 is 0 Å². The van der Waals surface area contributed by atoms with E-state index in [1.54, 1.807) is 0 Å². The quantitative estimate of drug-likeness (QED) is 0.842. The summed E-state index contributed by atoms with van der Waals surface area (Å²) in [6.45, 7) is 4.98. The summed E-state index contributed by atoms with van der Waals surface area (Å²) in [4.78, 5) is 14.4. The van der Waals surface area contributed by atoms with Gasteiger partial charge in [-0.3, -0.25) is 4.79 Å². The zero-order valence-corrected chi connectivity index (χ0v) is 14.8. The summed E-state index contributed by atoms with van der Waals surface area (Å²) in [5.41, 5.74) is 3.81. The monoisotopic (exact) mass is 338 g/mol. The molecule has 4 heteroatoms. The van der Waals surface area contributed by atoms with Gasteiger partial charge in [0.25, 0.3) is 0 Å². The number of carbonyl (C=O) groups excluding carboxylic acids is 1. The van der Waals surface area contributed by atoms with Gasteiger partial charge in [-0.25, -0.2) is 0 Å². The molecule has 0 unspecified atom stereocenters. The third-order valence-corrected chi connectivity index (χ3v) is 4.59. The molecule has 0 spiro atoms. The van der Waals surface area contributed by atoms with Crippen molar-refractivity contribution in [3.8, 4) is 5.75 Å². The van der Waals surface area contributed by atoms with Crippen LogP contribution in [0.5, 0.6) is 5.75 Å². The normalized spacial score (nSPS) is 13.2. The molecule has 0 saturated heterocycles. The molecule has 0 aromatic heterocycles. The Labute approximate surface area is 149 Å². The highest BCUT2D eigenvalue weighted by atomic mass is 16.5. The number of nitrogens with one attached hydrogen (secondary N) is 1. The topological polar surface area (TPSA) is 41.6 Å². The lowest BCUT2D eigenvalue weighted by Crippen LogP contribution is -2.37. The lowest BCUT2D eigenvalue weighted by atomic mass is 10.0. The maximum absolute atomic E-state index is 12.0. The summed E-state index contributed by atoms with van der Waals surface area (Å²) in [6, 6.07) is 16.4. The van der Waals surface area contributed by atoms with Gasteiger partial charge in [0, 0.05) is 25.3 Å². The van der Waals surface area contributed by atoms with Crippen molar-refractivity contribution < 1.29 is 9.53 Å². The van der Waals surface area contributed by atoms with E-state index in [2.05, 4.69) is 34.5 Å². The Morgan fingerprint density at radius 2 is 1.96 bits per heavy atom. The summed E-state index contributed by atoms with van der Waals surface area (Å²) < 4.78 is 5.68. The minimum atomic E-state index is 0.0406. The fraction of sp³-hybridized carbons (Fsp3) is 0.381. The number of nitrogens with zero attached hydrogens (tertiary/aromatic N) is 1. The Hall–Kier alpha value is -2.49. The minimum absolute atomic E-state index is 0.0406. The first kappa shape index (κ1) is 17.3. The Morgan fingerprint density at radius 3 is 2.84 bits per heavy atom. The molecular weight excluding hydrogens is 312 g/mol. The molecular formula is C21H26N2O2. The van der Waals surface area contributed by atoms with Gasteiger partial charge in [0.15, 0.2) is 0 Å². The molecule has 0 aliphatic carbocycles. The largest absolute Gasteiger partial charge is 0.493 e. The molecule has 2 aromatic carbocycles. The van der Waals surface area contributed by atoms with Gasteiger partial charge in [0.05, 0.1) is 13.0 Å². The molecule has 0 atom stereocenters. The lowest BCUT2D eigenvalue weighted by molar-refractivity contribution is -0.121. The molecule has 0 saturated carbocycles. The molecule has 1 amide bonds. The number of ether oxygens (including phenoxy) is 1. The molecule has 0 bridgehead atoms. The van der Waals surface area contributed by atoms with E-state index in [1.165, 1.54) is 17.7 Å². The number of rotatable bonds is 7. The van der Waals surface area contributed by atoms with Gasteiger partial charge in [-0.2, -0.15) is 0 Å². The van der Waals surface area contributed by atoms with Gasteiger partial charge >= 0.3 is 0 Å². The van der Waals surface area contributed by atoms with Crippen molar-refractivity contribution in [2.24, 2.45) is 0 Å². The molecule has 132 valence electrons. The van der Waals surface area contributed by atoms with Crippen LogP contribution in [0.4, 0.5) is 5.69 Å². The van der Waals surface area contributed by atoms with Crippen molar-refractivity contribution in [3.63, 3.8) is 0 Å². The van der Waals surface area contributed by atoms with E-state index in [1.807, 2.05) is 31.2 Å². The van der Waals surface area contributed by atoms with Crippen LogP contribution in [0.1, 0.15) is 24.0 Å². The number of hydrogen-bond acceptors (Lipinski definition) is 3. The number of hydrogen-bond donors (Lipinski definition) is 1. The summed E-state index contributed by atoms with van der Waals surface area (Å²) in [5.74, 6) is 0.888. The standard InChI is InChI=1S/C21H26N2O2/c1-17-7-2-5-11-20(17)25-16-12-21(24)22-13-15-23-14-6-9-18-8-3-4-10-19(18)23/h2-5,7-8,10-11H,6,9,12-16H2,1H3,(H,22,24). The highest BCUT2D eigenvalue weighted by Crippen LogP contribution is 2.25. The number of fused-ring (bicyclic) bond motifs is 1. The molecule has 1 N–H and O–H groups in total. The number of carbonyl (C=O) groups is 1. The molecule has 0 fully saturated rings. The average molecular weight is 338 g/mol. The van der Waals surface area contributed by atoms with Crippen LogP contribution < -0.4 is 15.0 Å². The van der Waals surface area contributed by atoms with Gasteiger partial charge in [0.1, 0.15) is 5.75 Å². The van der Waals surface area contributed by atoms with Gasteiger partial charge in [-0.15, -0.1) is 0 Å². The summed E-state index contributed by atoms with van der Waals surface area (Å²) in [7, 11) is 0. The molecule has 1 heterocycles. The highest BCUT2D eigenvalue weighted by Gasteiger charge is 2.15. The Balaban J connectivity index is 1.38. The Kier molecular flexibility index (Phi) is 5.94.